The molecular weight excluding hydrogens is 264 g/mol. The van der Waals surface area contributed by atoms with Crippen LogP contribution in [-0.4, -0.2) is 37.4 Å². The van der Waals surface area contributed by atoms with E-state index in [1.165, 1.54) is 6.20 Å². The van der Waals surface area contributed by atoms with Gasteiger partial charge in [0.2, 0.25) is 15.9 Å². The molecule has 6 heteroatoms. The van der Waals surface area contributed by atoms with Crippen LogP contribution in [-0.2, 0) is 10.0 Å². The molecule has 0 aromatic carbocycles. The van der Waals surface area contributed by atoms with Gasteiger partial charge in [0.1, 0.15) is 4.90 Å². The van der Waals surface area contributed by atoms with E-state index in [0.717, 1.165) is 12.8 Å². The average Bonchev–Trinajstić information content (AvgIpc) is 2.89. The summed E-state index contributed by atoms with van der Waals surface area (Å²) in [6, 6.07) is 3.16. The van der Waals surface area contributed by atoms with Gasteiger partial charge in [0, 0.05) is 19.2 Å². The number of hydrogen-bond acceptors (Lipinski definition) is 4. The zero-order valence-corrected chi connectivity index (χ0v) is 12.2. The van der Waals surface area contributed by atoms with E-state index in [-0.39, 0.29) is 4.90 Å². The molecule has 0 bridgehead atoms. The number of hydrogen-bond donors (Lipinski definition) is 0. The molecule has 0 N–H and O–H groups in total. The van der Waals surface area contributed by atoms with E-state index < -0.39 is 10.0 Å². The normalized spacial score (nSPS) is 20.6. The monoisotopic (exact) mass is 284 g/mol. The van der Waals surface area contributed by atoms with Gasteiger partial charge in [-0.1, -0.05) is 13.3 Å². The first-order valence-electron chi connectivity index (χ1n) is 6.67. The summed E-state index contributed by atoms with van der Waals surface area (Å²) in [5.41, 5.74) is 0. The highest BCUT2D eigenvalue weighted by Gasteiger charge is 2.31. The lowest BCUT2D eigenvalue weighted by Crippen LogP contribution is -2.28. The lowest BCUT2D eigenvalue weighted by Gasteiger charge is -2.16. The number of sulfonamides is 1. The van der Waals surface area contributed by atoms with Gasteiger partial charge in [-0.2, -0.15) is 4.31 Å². The Morgan fingerprint density at radius 1 is 1.42 bits per heavy atom. The van der Waals surface area contributed by atoms with Crippen molar-refractivity contribution in [3.8, 4) is 5.88 Å². The molecule has 1 aromatic heterocycles. The van der Waals surface area contributed by atoms with E-state index in [9.17, 15) is 8.42 Å². The maximum atomic E-state index is 12.4. The van der Waals surface area contributed by atoms with E-state index in [0.29, 0.717) is 31.5 Å². The molecule has 0 saturated carbocycles. The Hall–Kier alpha value is -1.14. The summed E-state index contributed by atoms with van der Waals surface area (Å²) >= 11 is 0. The molecule has 0 amide bonds. The number of pyridine rings is 1. The minimum Gasteiger partial charge on any atom is -0.478 e. The largest absolute Gasteiger partial charge is 0.478 e. The van der Waals surface area contributed by atoms with Gasteiger partial charge < -0.3 is 4.74 Å². The highest BCUT2D eigenvalue weighted by Crippen LogP contribution is 2.26. The minimum atomic E-state index is -3.40. The number of ether oxygens (including phenoxy) is 1. The van der Waals surface area contributed by atoms with Crippen LogP contribution in [0.15, 0.2) is 23.2 Å². The van der Waals surface area contributed by atoms with Crippen LogP contribution >= 0.6 is 0 Å². The number of nitrogens with zero attached hydrogens (tertiary/aromatic N) is 2. The summed E-state index contributed by atoms with van der Waals surface area (Å²) in [4.78, 5) is 4.26. The standard InChI is InChI=1S/C13H20N2O3S/c1-3-11-7-8-15(10-11)19(16,17)12-5-6-13(14-9-12)18-4-2/h5-6,9,11H,3-4,7-8,10H2,1-2H3. The predicted octanol–water partition coefficient (Wildman–Crippen LogP) is 1.90. The summed E-state index contributed by atoms with van der Waals surface area (Å²) in [6.07, 6.45) is 3.34. The first-order valence-corrected chi connectivity index (χ1v) is 8.11. The molecule has 2 rings (SSSR count). The minimum absolute atomic E-state index is 0.243. The van der Waals surface area contributed by atoms with E-state index >= 15 is 0 Å². The molecule has 1 atom stereocenters. The molecule has 1 fully saturated rings. The number of aromatic nitrogens is 1. The van der Waals surface area contributed by atoms with Crippen LogP contribution in [0.1, 0.15) is 26.7 Å². The van der Waals surface area contributed by atoms with Crippen LogP contribution in [0.25, 0.3) is 0 Å². The van der Waals surface area contributed by atoms with Crippen molar-refractivity contribution < 1.29 is 13.2 Å². The molecule has 1 aliphatic heterocycles. The quantitative estimate of drug-likeness (QED) is 0.828. The fraction of sp³-hybridized carbons (Fsp3) is 0.615. The predicted molar refractivity (Wildman–Crippen MR) is 72.6 cm³/mol. The van der Waals surface area contributed by atoms with Crippen LogP contribution in [0.2, 0.25) is 0 Å². The molecule has 1 aliphatic rings. The third kappa shape index (κ3) is 3.06. The summed E-state index contributed by atoms with van der Waals surface area (Å²) in [5, 5.41) is 0. The second-order valence-corrected chi connectivity index (χ2v) is 6.63. The highest BCUT2D eigenvalue weighted by atomic mass is 32.2. The fourth-order valence-corrected chi connectivity index (χ4v) is 3.73. The Kier molecular flexibility index (Phi) is 4.42. The van der Waals surface area contributed by atoms with Crippen molar-refractivity contribution in [2.24, 2.45) is 5.92 Å². The first kappa shape index (κ1) is 14.3. The zero-order chi connectivity index (χ0) is 13.9. The van der Waals surface area contributed by atoms with E-state index in [1.54, 1.807) is 16.4 Å². The fourth-order valence-electron chi connectivity index (χ4n) is 2.25. The zero-order valence-electron chi connectivity index (χ0n) is 11.4. The summed E-state index contributed by atoms with van der Waals surface area (Å²) in [7, 11) is -3.40. The molecule has 5 nitrogen and oxygen atoms in total. The molecule has 1 unspecified atom stereocenters. The van der Waals surface area contributed by atoms with Gasteiger partial charge in [0.25, 0.3) is 0 Å². The Balaban J connectivity index is 2.15. The van der Waals surface area contributed by atoms with Crippen LogP contribution in [0.4, 0.5) is 0 Å². The van der Waals surface area contributed by atoms with Crippen molar-refractivity contribution in [3.63, 3.8) is 0 Å². The van der Waals surface area contributed by atoms with Gasteiger partial charge in [-0.25, -0.2) is 13.4 Å². The third-order valence-corrected chi connectivity index (χ3v) is 5.31. The SMILES string of the molecule is CCOc1ccc(S(=O)(=O)N2CCC(CC)C2)cn1. The summed E-state index contributed by atoms with van der Waals surface area (Å²) in [5.74, 6) is 0.930. The number of rotatable bonds is 5. The Morgan fingerprint density at radius 3 is 2.74 bits per heavy atom. The van der Waals surface area contributed by atoms with E-state index in [2.05, 4.69) is 11.9 Å². The molecule has 1 saturated heterocycles. The van der Waals surface area contributed by atoms with Gasteiger partial charge in [-0.3, -0.25) is 0 Å². The second kappa shape index (κ2) is 5.88. The van der Waals surface area contributed by atoms with Gasteiger partial charge >= 0.3 is 0 Å². The van der Waals surface area contributed by atoms with Crippen molar-refractivity contribution in [2.75, 3.05) is 19.7 Å². The first-order chi connectivity index (χ1) is 9.07. The lowest BCUT2D eigenvalue weighted by molar-refractivity contribution is 0.326. The molecule has 0 spiro atoms. The Bertz CT molecular complexity index is 513. The van der Waals surface area contributed by atoms with Crippen molar-refractivity contribution in [2.45, 2.75) is 31.6 Å². The molecule has 0 aliphatic carbocycles. The molecule has 106 valence electrons. The van der Waals surface area contributed by atoms with E-state index in [4.69, 9.17) is 4.74 Å². The highest BCUT2D eigenvalue weighted by molar-refractivity contribution is 7.89. The van der Waals surface area contributed by atoms with Crippen molar-refractivity contribution in [1.29, 1.82) is 0 Å². The van der Waals surface area contributed by atoms with Crippen molar-refractivity contribution in [3.05, 3.63) is 18.3 Å². The molecule has 2 heterocycles. The van der Waals surface area contributed by atoms with Crippen molar-refractivity contribution >= 4 is 10.0 Å². The Labute approximate surface area is 114 Å². The maximum absolute atomic E-state index is 12.4. The molecule has 0 radical (unpaired) electrons. The van der Waals surface area contributed by atoms with Crippen LogP contribution in [0, 0.1) is 5.92 Å². The van der Waals surface area contributed by atoms with Crippen LogP contribution in [0.3, 0.4) is 0 Å². The average molecular weight is 284 g/mol. The lowest BCUT2D eigenvalue weighted by atomic mass is 10.1. The topological polar surface area (TPSA) is 59.5 Å². The van der Waals surface area contributed by atoms with Gasteiger partial charge in [-0.05, 0) is 25.3 Å². The smallest absolute Gasteiger partial charge is 0.244 e. The van der Waals surface area contributed by atoms with Gasteiger partial charge in [0.05, 0.1) is 12.8 Å². The molecule has 1 aromatic rings. The van der Waals surface area contributed by atoms with Gasteiger partial charge in [-0.15, -0.1) is 0 Å². The second-order valence-electron chi connectivity index (χ2n) is 4.69. The molecule has 19 heavy (non-hydrogen) atoms. The Morgan fingerprint density at radius 2 is 2.21 bits per heavy atom. The van der Waals surface area contributed by atoms with Crippen LogP contribution < -0.4 is 4.74 Å². The summed E-state index contributed by atoms with van der Waals surface area (Å²) < 4.78 is 31.6. The van der Waals surface area contributed by atoms with E-state index in [1.807, 2.05) is 6.92 Å². The maximum Gasteiger partial charge on any atom is 0.244 e. The van der Waals surface area contributed by atoms with Crippen LogP contribution in [0.5, 0.6) is 5.88 Å². The van der Waals surface area contributed by atoms with Crippen molar-refractivity contribution in [1.82, 2.24) is 9.29 Å². The van der Waals surface area contributed by atoms with Gasteiger partial charge in [0.15, 0.2) is 0 Å². The third-order valence-electron chi connectivity index (χ3n) is 3.47. The molecular formula is C13H20N2O3S. The summed E-state index contributed by atoms with van der Waals surface area (Å²) in [6.45, 7) is 5.70.